The van der Waals surface area contributed by atoms with E-state index < -0.39 is 5.97 Å². The molecule has 5 heteroatoms. The highest BCUT2D eigenvalue weighted by atomic mass is 16.4. The fourth-order valence-electron chi connectivity index (χ4n) is 1.90. The van der Waals surface area contributed by atoms with Crippen LogP contribution in [0.2, 0.25) is 0 Å². The maximum absolute atomic E-state index is 12.2. The van der Waals surface area contributed by atoms with Crippen LogP contribution in [0.25, 0.3) is 0 Å². The summed E-state index contributed by atoms with van der Waals surface area (Å²) in [5, 5.41) is 8.86. The minimum atomic E-state index is -0.944. The van der Waals surface area contributed by atoms with Crippen molar-refractivity contribution in [2.75, 3.05) is 26.7 Å². The van der Waals surface area contributed by atoms with Gasteiger partial charge in [0, 0.05) is 20.1 Å². The third-order valence-electron chi connectivity index (χ3n) is 3.38. The lowest BCUT2D eigenvalue weighted by molar-refractivity contribution is -0.137. The average molecular weight is 256 g/mol. The van der Waals surface area contributed by atoms with E-state index in [4.69, 9.17) is 5.11 Å². The Labute approximate surface area is 109 Å². The van der Waals surface area contributed by atoms with Gasteiger partial charge in [-0.3, -0.25) is 4.79 Å². The van der Waals surface area contributed by atoms with Gasteiger partial charge in [0.05, 0.1) is 0 Å². The van der Waals surface area contributed by atoms with E-state index >= 15 is 0 Å². The van der Waals surface area contributed by atoms with Crippen molar-refractivity contribution in [3.05, 3.63) is 0 Å². The molecule has 0 heterocycles. The van der Waals surface area contributed by atoms with Crippen molar-refractivity contribution in [3.8, 4) is 0 Å². The smallest absolute Gasteiger partial charge is 0.323 e. The molecular weight excluding hydrogens is 232 g/mol. The van der Waals surface area contributed by atoms with E-state index in [1.807, 2.05) is 0 Å². The van der Waals surface area contributed by atoms with Crippen LogP contribution in [0.4, 0.5) is 4.79 Å². The summed E-state index contributed by atoms with van der Waals surface area (Å²) in [5.74, 6) is -0.00204. The Morgan fingerprint density at radius 3 is 2.44 bits per heavy atom. The molecule has 1 N–H and O–H groups in total. The molecule has 5 nitrogen and oxygen atoms in total. The standard InChI is InChI=1S/C13H24N2O3/c1-4-10(2)7-14(3)13(18)15(9-12(16)17)8-11-5-6-11/h10-11H,4-9H2,1-3H3,(H,16,17). The van der Waals surface area contributed by atoms with Crippen molar-refractivity contribution in [1.82, 2.24) is 9.80 Å². The van der Waals surface area contributed by atoms with Crippen LogP contribution in [0.1, 0.15) is 33.1 Å². The lowest BCUT2D eigenvalue weighted by atomic mass is 10.1. The summed E-state index contributed by atoms with van der Waals surface area (Å²) < 4.78 is 0. The zero-order valence-corrected chi connectivity index (χ0v) is 11.6. The molecule has 0 saturated heterocycles. The van der Waals surface area contributed by atoms with Crippen molar-refractivity contribution in [2.45, 2.75) is 33.1 Å². The summed E-state index contributed by atoms with van der Waals surface area (Å²) >= 11 is 0. The molecule has 0 aromatic heterocycles. The number of hydrogen-bond donors (Lipinski definition) is 1. The Morgan fingerprint density at radius 2 is 2.00 bits per heavy atom. The van der Waals surface area contributed by atoms with E-state index in [0.717, 1.165) is 19.3 Å². The van der Waals surface area contributed by atoms with E-state index in [0.29, 0.717) is 24.9 Å². The van der Waals surface area contributed by atoms with Crippen LogP contribution in [0.5, 0.6) is 0 Å². The van der Waals surface area contributed by atoms with Gasteiger partial charge in [-0.15, -0.1) is 0 Å². The molecule has 1 rings (SSSR count). The monoisotopic (exact) mass is 256 g/mol. The fraction of sp³-hybridized carbons (Fsp3) is 0.846. The molecule has 1 aliphatic rings. The predicted molar refractivity (Wildman–Crippen MR) is 69.4 cm³/mol. The van der Waals surface area contributed by atoms with E-state index in [2.05, 4.69) is 13.8 Å². The number of nitrogens with zero attached hydrogens (tertiary/aromatic N) is 2. The highest BCUT2D eigenvalue weighted by molar-refractivity contribution is 5.80. The zero-order chi connectivity index (χ0) is 13.7. The van der Waals surface area contributed by atoms with Gasteiger partial charge in [-0.25, -0.2) is 4.79 Å². The molecule has 1 aliphatic carbocycles. The molecule has 2 amide bonds. The third kappa shape index (κ3) is 4.94. The molecular formula is C13H24N2O3. The van der Waals surface area contributed by atoms with E-state index in [9.17, 15) is 9.59 Å². The predicted octanol–water partition coefficient (Wildman–Crippen LogP) is 1.88. The highest BCUT2D eigenvalue weighted by Crippen LogP contribution is 2.29. The zero-order valence-electron chi connectivity index (χ0n) is 11.6. The maximum Gasteiger partial charge on any atom is 0.323 e. The molecule has 0 radical (unpaired) electrons. The first-order valence-electron chi connectivity index (χ1n) is 6.65. The molecule has 1 unspecified atom stereocenters. The summed E-state index contributed by atoms with van der Waals surface area (Å²) in [4.78, 5) is 26.1. The lowest BCUT2D eigenvalue weighted by Crippen LogP contribution is -2.45. The molecule has 0 aromatic rings. The largest absolute Gasteiger partial charge is 0.480 e. The van der Waals surface area contributed by atoms with E-state index in [-0.39, 0.29) is 12.6 Å². The van der Waals surface area contributed by atoms with Gasteiger partial charge < -0.3 is 14.9 Å². The molecule has 1 atom stereocenters. The normalized spacial score (nSPS) is 16.2. The van der Waals surface area contributed by atoms with Gasteiger partial charge in [0.25, 0.3) is 0 Å². The van der Waals surface area contributed by atoms with Crippen molar-refractivity contribution in [3.63, 3.8) is 0 Å². The fourth-order valence-corrected chi connectivity index (χ4v) is 1.90. The Kier molecular flexibility index (Phi) is 5.44. The number of aliphatic carboxylic acids is 1. The van der Waals surface area contributed by atoms with Gasteiger partial charge >= 0.3 is 12.0 Å². The molecule has 0 aliphatic heterocycles. The number of urea groups is 1. The van der Waals surface area contributed by atoms with Crippen LogP contribution < -0.4 is 0 Å². The van der Waals surface area contributed by atoms with Gasteiger partial charge in [0.1, 0.15) is 6.54 Å². The van der Waals surface area contributed by atoms with Crippen LogP contribution in [0.3, 0.4) is 0 Å². The topological polar surface area (TPSA) is 60.9 Å². The minimum absolute atomic E-state index is 0.162. The van der Waals surface area contributed by atoms with Gasteiger partial charge in [-0.2, -0.15) is 0 Å². The van der Waals surface area contributed by atoms with Gasteiger partial charge in [0.15, 0.2) is 0 Å². The van der Waals surface area contributed by atoms with Crippen molar-refractivity contribution in [1.29, 1.82) is 0 Å². The Bertz CT molecular complexity index is 303. The summed E-state index contributed by atoms with van der Waals surface area (Å²) in [5.41, 5.74) is 0. The SMILES string of the molecule is CCC(C)CN(C)C(=O)N(CC(=O)O)CC1CC1. The first-order valence-corrected chi connectivity index (χ1v) is 6.65. The Balaban J connectivity index is 2.52. The third-order valence-corrected chi connectivity index (χ3v) is 3.38. The minimum Gasteiger partial charge on any atom is -0.480 e. The first-order chi connectivity index (χ1) is 8.43. The van der Waals surface area contributed by atoms with Crippen LogP contribution >= 0.6 is 0 Å². The Morgan fingerprint density at radius 1 is 1.39 bits per heavy atom. The van der Waals surface area contributed by atoms with Crippen LogP contribution in [0.15, 0.2) is 0 Å². The first kappa shape index (κ1) is 14.8. The number of carboxylic acid groups (broad SMARTS) is 1. The Hall–Kier alpha value is -1.26. The molecule has 0 spiro atoms. The van der Waals surface area contributed by atoms with E-state index in [1.165, 1.54) is 4.90 Å². The number of amides is 2. The number of carbonyl (C=O) groups excluding carboxylic acids is 1. The number of carbonyl (C=O) groups is 2. The van der Waals surface area contributed by atoms with Crippen molar-refractivity contribution < 1.29 is 14.7 Å². The molecule has 0 aromatic carbocycles. The second-order valence-electron chi connectivity index (χ2n) is 5.39. The lowest BCUT2D eigenvalue weighted by Gasteiger charge is -2.28. The number of rotatable bonds is 7. The molecule has 1 fully saturated rings. The quantitative estimate of drug-likeness (QED) is 0.756. The van der Waals surface area contributed by atoms with Crippen molar-refractivity contribution in [2.24, 2.45) is 11.8 Å². The van der Waals surface area contributed by atoms with Gasteiger partial charge in [0.2, 0.25) is 0 Å². The van der Waals surface area contributed by atoms with Gasteiger partial charge in [-0.1, -0.05) is 20.3 Å². The van der Waals surface area contributed by atoms with Crippen LogP contribution in [0, 0.1) is 11.8 Å². The molecule has 0 bridgehead atoms. The average Bonchev–Trinajstić information content (AvgIpc) is 3.10. The summed E-state index contributed by atoms with van der Waals surface area (Å²) in [6, 6.07) is -0.162. The van der Waals surface area contributed by atoms with Crippen molar-refractivity contribution >= 4 is 12.0 Å². The molecule has 104 valence electrons. The summed E-state index contributed by atoms with van der Waals surface area (Å²) in [7, 11) is 1.75. The van der Waals surface area contributed by atoms with E-state index in [1.54, 1.807) is 11.9 Å². The van der Waals surface area contributed by atoms with Crippen LogP contribution in [-0.2, 0) is 4.79 Å². The molecule has 1 saturated carbocycles. The summed E-state index contributed by atoms with van der Waals surface area (Å²) in [6.07, 6.45) is 3.23. The second-order valence-corrected chi connectivity index (χ2v) is 5.39. The molecule has 18 heavy (non-hydrogen) atoms. The maximum atomic E-state index is 12.2. The second kappa shape index (κ2) is 6.61. The summed E-state index contributed by atoms with van der Waals surface area (Å²) in [6.45, 7) is 5.24. The van der Waals surface area contributed by atoms with Crippen LogP contribution in [-0.4, -0.2) is 53.6 Å². The highest BCUT2D eigenvalue weighted by Gasteiger charge is 2.29. The van der Waals surface area contributed by atoms with Gasteiger partial charge in [-0.05, 0) is 24.7 Å². The number of carboxylic acids is 1. The number of hydrogen-bond acceptors (Lipinski definition) is 2.